The van der Waals surface area contributed by atoms with Crippen LogP contribution in [0.4, 0.5) is 10.1 Å². The number of aromatic nitrogens is 3. The Labute approximate surface area is 192 Å². The summed E-state index contributed by atoms with van der Waals surface area (Å²) in [5.74, 6) is -1.69. The number of nitrogens with zero attached hydrogens (tertiary/aromatic N) is 3. The molecule has 0 aliphatic carbocycles. The molecule has 8 nitrogen and oxygen atoms in total. The van der Waals surface area contributed by atoms with Gasteiger partial charge in [0.05, 0.1) is 11.3 Å². The van der Waals surface area contributed by atoms with Crippen LogP contribution in [0.1, 0.15) is 21.5 Å². The number of hydrogen-bond donors (Lipinski definition) is 2. The SMILES string of the molecule is Cc1ccc(CNC(=O)c2ccc3nn(CC(=O)Nc4ccc(Cl)cc4F)c(=O)n3c2)cc1. The van der Waals surface area contributed by atoms with Gasteiger partial charge in [0, 0.05) is 17.8 Å². The third kappa shape index (κ3) is 5.09. The van der Waals surface area contributed by atoms with Crippen LogP contribution in [0.3, 0.4) is 0 Å². The van der Waals surface area contributed by atoms with Crippen LogP contribution in [0.2, 0.25) is 5.02 Å². The van der Waals surface area contributed by atoms with E-state index in [0.29, 0.717) is 6.54 Å². The standard InChI is InChI=1S/C23H19ClFN5O3/c1-14-2-4-15(5-3-14)11-26-22(32)16-6-9-20-28-30(23(33)29(20)12-16)13-21(31)27-19-8-7-17(24)10-18(19)25/h2-10,12H,11,13H2,1H3,(H,26,32)(H,27,31). The van der Waals surface area contributed by atoms with E-state index in [1.165, 1.54) is 28.8 Å². The molecule has 4 rings (SSSR count). The van der Waals surface area contributed by atoms with E-state index in [1.807, 2.05) is 31.2 Å². The predicted molar refractivity (Wildman–Crippen MR) is 122 cm³/mol. The number of benzene rings is 2. The van der Waals surface area contributed by atoms with Gasteiger partial charge in [-0.25, -0.2) is 18.3 Å². The maximum absolute atomic E-state index is 13.9. The highest BCUT2D eigenvalue weighted by molar-refractivity contribution is 6.30. The second-order valence-electron chi connectivity index (χ2n) is 7.43. The van der Waals surface area contributed by atoms with Crippen molar-refractivity contribution in [3.8, 4) is 0 Å². The van der Waals surface area contributed by atoms with E-state index in [1.54, 1.807) is 6.07 Å². The molecule has 2 amide bonds. The molecule has 2 aromatic carbocycles. The highest BCUT2D eigenvalue weighted by Gasteiger charge is 2.15. The predicted octanol–water partition coefficient (Wildman–Crippen LogP) is 3.17. The van der Waals surface area contributed by atoms with Gasteiger partial charge in [-0.2, -0.15) is 0 Å². The zero-order chi connectivity index (χ0) is 23.5. The summed E-state index contributed by atoms with van der Waals surface area (Å²) in [6.07, 6.45) is 1.36. The van der Waals surface area contributed by atoms with Crippen LogP contribution in [0.5, 0.6) is 0 Å². The summed E-state index contributed by atoms with van der Waals surface area (Å²) in [6.45, 7) is 1.89. The summed E-state index contributed by atoms with van der Waals surface area (Å²) in [6, 6.07) is 14.6. The van der Waals surface area contributed by atoms with E-state index in [2.05, 4.69) is 15.7 Å². The number of aryl methyl sites for hydroxylation is 1. The Morgan fingerprint density at radius 2 is 1.85 bits per heavy atom. The summed E-state index contributed by atoms with van der Waals surface area (Å²) in [5.41, 5.74) is 1.94. The van der Waals surface area contributed by atoms with Crippen LogP contribution in [-0.2, 0) is 17.9 Å². The van der Waals surface area contributed by atoms with Crippen LogP contribution < -0.4 is 16.3 Å². The largest absolute Gasteiger partial charge is 0.350 e. The fourth-order valence-corrected chi connectivity index (χ4v) is 3.32. The van der Waals surface area contributed by atoms with Gasteiger partial charge in [-0.05, 0) is 42.8 Å². The second-order valence-corrected chi connectivity index (χ2v) is 7.86. The van der Waals surface area contributed by atoms with Gasteiger partial charge in [0.2, 0.25) is 5.91 Å². The quantitative estimate of drug-likeness (QED) is 0.455. The van der Waals surface area contributed by atoms with Gasteiger partial charge in [0.15, 0.2) is 5.65 Å². The highest BCUT2D eigenvalue weighted by atomic mass is 35.5. The molecule has 4 aromatic rings. The molecule has 0 aliphatic heterocycles. The Hall–Kier alpha value is -3.98. The third-order valence-corrected chi connectivity index (χ3v) is 5.15. The molecule has 33 heavy (non-hydrogen) atoms. The monoisotopic (exact) mass is 467 g/mol. The lowest BCUT2D eigenvalue weighted by Gasteiger charge is -2.06. The van der Waals surface area contributed by atoms with E-state index in [-0.39, 0.29) is 27.8 Å². The van der Waals surface area contributed by atoms with Crippen LogP contribution in [-0.4, -0.2) is 26.0 Å². The normalized spacial score (nSPS) is 10.9. The minimum atomic E-state index is -0.695. The number of rotatable bonds is 6. The molecule has 0 saturated heterocycles. The number of carbonyl (C=O) groups is 2. The van der Waals surface area contributed by atoms with Gasteiger partial charge in [-0.3, -0.25) is 9.59 Å². The maximum atomic E-state index is 13.9. The molecule has 168 valence electrons. The van der Waals surface area contributed by atoms with E-state index in [4.69, 9.17) is 11.6 Å². The van der Waals surface area contributed by atoms with Crippen molar-refractivity contribution in [3.63, 3.8) is 0 Å². The first-order valence-corrected chi connectivity index (χ1v) is 10.4. The summed E-state index contributed by atoms with van der Waals surface area (Å²) < 4.78 is 16.0. The smallest absolute Gasteiger partial charge is 0.348 e. The first-order chi connectivity index (χ1) is 15.8. The number of amides is 2. The molecule has 0 spiro atoms. The van der Waals surface area contributed by atoms with E-state index in [9.17, 15) is 18.8 Å². The average Bonchev–Trinajstić information content (AvgIpc) is 3.09. The topological polar surface area (TPSA) is 97.5 Å². The van der Waals surface area contributed by atoms with Crippen molar-refractivity contribution in [3.05, 3.63) is 98.8 Å². The highest BCUT2D eigenvalue weighted by Crippen LogP contribution is 2.18. The summed E-state index contributed by atoms with van der Waals surface area (Å²) in [7, 11) is 0. The molecule has 0 fully saturated rings. The lowest BCUT2D eigenvalue weighted by Crippen LogP contribution is -2.29. The van der Waals surface area contributed by atoms with Crippen LogP contribution in [0, 0.1) is 12.7 Å². The molecule has 0 unspecified atom stereocenters. The average molecular weight is 468 g/mol. The minimum Gasteiger partial charge on any atom is -0.348 e. The number of nitrogens with one attached hydrogen (secondary N) is 2. The maximum Gasteiger partial charge on any atom is 0.350 e. The lowest BCUT2D eigenvalue weighted by atomic mass is 10.1. The van der Waals surface area contributed by atoms with Crippen molar-refractivity contribution < 1.29 is 14.0 Å². The molecule has 0 saturated carbocycles. The molecule has 0 radical (unpaired) electrons. The number of carbonyl (C=O) groups excluding carboxylic acids is 2. The summed E-state index contributed by atoms with van der Waals surface area (Å²) in [4.78, 5) is 37.5. The Morgan fingerprint density at radius 3 is 2.58 bits per heavy atom. The zero-order valence-corrected chi connectivity index (χ0v) is 18.3. The Morgan fingerprint density at radius 1 is 1.09 bits per heavy atom. The van der Waals surface area contributed by atoms with Crippen LogP contribution >= 0.6 is 11.6 Å². The van der Waals surface area contributed by atoms with Crippen molar-refractivity contribution in [1.82, 2.24) is 19.5 Å². The van der Waals surface area contributed by atoms with Crippen LogP contribution in [0.15, 0.2) is 65.6 Å². The van der Waals surface area contributed by atoms with Crippen molar-refractivity contribution in [1.29, 1.82) is 0 Å². The Balaban J connectivity index is 1.47. The summed E-state index contributed by atoms with van der Waals surface area (Å²) in [5, 5.41) is 9.47. The first kappa shape index (κ1) is 22.2. The van der Waals surface area contributed by atoms with Gasteiger partial charge >= 0.3 is 5.69 Å². The number of hydrogen-bond acceptors (Lipinski definition) is 4. The van der Waals surface area contributed by atoms with Gasteiger partial charge in [-0.15, -0.1) is 5.10 Å². The Bertz CT molecular complexity index is 1410. The van der Waals surface area contributed by atoms with E-state index < -0.39 is 24.0 Å². The van der Waals surface area contributed by atoms with Gasteiger partial charge in [-0.1, -0.05) is 41.4 Å². The summed E-state index contributed by atoms with van der Waals surface area (Å²) >= 11 is 5.70. The third-order valence-electron chi connectivity index (χ3n) is 4.91. The van der Waals surface area contributed by atoms with Gasteiger partial charge in [0.25, 0.3) is 5.91 Å². The lowest BCUT2D eigenvalue weighted by molar-refractivity contribution is -0.117. The molecule has 2 aromatic heterocycles. The molecular formula is C23H19ClFN5O3. The molecule has 0 bridgehead atoms. The molecule has 2 N–H and O–H groups in total. The van der Waals surface area contributed by atoms with Crippen molar-refractivity contribution in [2.75, 3.05) is 5.32 Å². The number of fused-ring (bicyclic) bond motifs is 1. The van der Waals surface area contributed by atoms with E-state index >= 15 is 0 Å². The minimum absolute atomic E-state index is 0.0613. The van der Waals surface area contributed by atoms with Crippen LogP contribution in [0.25, 0.3) is 5.65 Å². The van der Waals surface area contributed by atoms with Gasteiger partial charge < -0.3 is 10.6 Å². The number of anilines is 1. The van der Waals surface area contributed by atoms with E-state index in [0.717, 1.165) is 21.9 Å². The van der Waals surface area contributed by atoms with Crippen molar-refractivity contribution >= 4 is 34.7 Å². The number of pyridine rings is 1. The zero-order valence-electron chi connectivity index (χ0n) is 17.5. The molecule has 10 heteroatoms. The molecule has 2 heterocycles. The van der Waals surface area contributed by atoms with Crippen molar-refractivity contribution in [2.24, 2.45) is 0 Å². The fourth-order valence-electron chi connectivity index (χ4n) is 3.16. The van der Waals surface area contributed by atoms with Gasteiger partial charge in [0.1, 0.15) is 12.4 Å². The molecular weight excluding hydrogens is 449 g/mol. The molecule has 0 aliphatic rings. The fraction of sp³-hybridized carbons (Fsp3) is 0.130. The second kappa shape index (κ2) is 9.25. The first-order valence-electron chi connectivity index (χ1n) is 9.98. The number of halogens is 2. The Kier molecular flexibility index (Phi) is 6.23. The van der Waals surface area contributed by atoms with Crippen molar-refractivity contribution in [2.45, 2.75) is 20.0 Å². The molecule has 0 atom stereocenters.